The average Bonchev–Trinajstić information content (AvgIpc) is 2.38. The van der Waals surface area contributed by atoms with Crippen molar-refractivity contribution in [3.8, 4) is 0 Å². The van der Waals surface area contributed by atoms with Crippen LogP contribution in [0.25, 0.3) is 0 Å². The Morgan fingerprint density at radius 2 is 2.05 bits per heavy atom. The van der Waals surface area contributed by atoms with Crippen molar-refractivity contribution in [1.82, 2.24) is 10.2 Å². The summed E-state index contributed by atoms with van der Waals surface area (Å²) in [5, 5.41) is 11.9. The molecular formula is C15H28N2O3. The van der Waals surface area contributed by atoms with Gasteiger partial charge in [-0.1, -0.05) is 20.3 Å². The third-order valence-corrected chi connectivity index (χ3v) is 3.98. The average molecular weight is 284 g/mol. The summed E-state index contributed by atoms with van der Waals surface area (Å²) >= 11 is 0. The summed E-state index contributed by atoms with van der Waals surface area (Å²) in [4.78, 5) is 25.8. The number of likely N-dealkylation sites (tertiary alicyclic amines) is 1. The Kier molecular flexibility index (Phi) is 7.16. The number of rotatable bonds is 7. The molecule has 0 spiro atoms. The highest BCUT2D eigenvalue weighted by atomic mass is 16.3. The largest absolute Gasteiger partial charge is 0.396 e. The minimum atomic E-state index is -0.399. The van der Waals surface area contributed by atoms with Gasteiger partial charge in [0.25, 0.3) is 0 Å². The van der Waals surface area contributed by atoms with Gasteiger partial charge in [-0.05, 0) is 38.6 Å². The van der Waals surface area contributed by atoms with Crippen molar-refractivity contribution in [2.45, 2.75) is 58.5 Å². The fourth-order valence-electron chi connectivity index (χ4n) is 2.89. The predicted molar refractivity (Wildman–Crippen MR) is 78.4 cm³/mol. The highest BCUT2D eigenvalue weighted by molar-refractivity contribution is 5.88. The first-order valence-corrected chi connectivity index (χ1v) is 7.60. The first-order valence-electron chi connectivity index (χ1n) is 7.60. The first-order chi connectivity index (χ1) is 9.45. The molecule has 1 aliphatic heterocycles. The minimum absolute atomic E-state index is 0.00102. The van der Waals surface area contributed by atoms with Gasteiger partial charge in [0.1, 0.15) is 0 Å². The molecule has 20 heavy (non-hydrogen) atoms. The van der Waals surface area contributed by atoms with Gasteiger partial charge >= 0.3 is 0 Å². The van der Waals surface area contributed by atoms with Crippen LogP contribution in [0.3, 0.4) is 0 Å². The number of Topliss-reactive ketones (excluding diaryl/α,β-unsaturated/α-hetero) is 1. The number of aliphatic hydroxyl groups excluding tert-OH is 1. The topological polar surface area (TPSA) is 69.6 Å². The van der Waals surface area contributed by atoms with Gasteiger partial charge in [-0.25, -0.2) is 0 Å². The van der Waals surface area contributed by atoms with Crippen molar-refractivity contribution in [1.29, 1.82) is 0 Å². The first kappa shape index (κ1) is 17.1. The van der Waals surface area contributed by atoms with E-state index < -0.39 is 6.04 Å². The second-order valence-electron chi connectivity index (χ2n) is 6.03. The molecule has 1 rings (SSSR count). The Hall–Kier alpha value is -0.940. The normalized spacial score (nSPS) is 21.8. The van der Waals surface area contributed by atoms with Crippen LogP contribution in [0.2, 0.25) is 0 Å². The summed E-state index contributed by atoms with van der Waals surface area (Å²) in [5.41, 5.74) is 0. The maximum Gasteiger partial charge on any atom is 0.234 e. The molecule has 0 bridgehead atoms. The van der Waals surface area contributed by atoms with Gasteiger partial charge in [0.15, 0.2) is 5.78 Å². The number of nitrogens with one attached hydrogen (secondary N) is 1. The van der Waals surface area contributed by atoms with Crippen LogP contribution in [0.1, 0.15) is 46.5 Å². The predicted octanol–water partition coefficient (Wildman–Crippen LogP) is 0.953. The van der Waals surface area contributed by atoms with E-state index in [0.717, 1.165) is 25.8 Å². The van der Waals surface area contributed by atoms with Gasteiger partial charge in [0.2, 0.25) is 5.91 Å². The van der Waals surface area contributed by atoms with Gasteiger partial charge in [-0.15, -0.1) is 0 Å². The molecule has 5 heteroatoms. The Morgan fingerprint density at radius 1 is 1.35 bits per heavy atom. The molecule has 1 saturated heterocycles. The quantitative estimate of drug-likeness (QED) is 0.730. The molecule has 1 amide bonds. The molecule has 0 radical (unpaired) electrons. The lowest BCUT2D eigenvalue weighted by Gasteiger charge is -2.35. The summed E-state index contributed by atoms with van der Waals surface area (Å²) in [5.74, 6) is 0.00804. The highest BCUT2D eigenvalue weighted by Crippen LogP contribution is 2.19. The van der Waals surface area contributed by atoms with E-state index in [2.05, 4.69) is 10.2 Å². The molecule has 1 heterocycles. The van der Waals surface area contributed by atoms with Crippen LogP contribution < -0.4 is 5.32 Å². The number of carbonyl (C=O) groups excluding carboxylic acids is 2. The molecule has 1 fully saturated rings. The van der Waals surface area contributed by atoms with E-state index >= 15 is 0 Å². The minimum Gasteiger partial charge on any atom is -0.396 e. The monoisotopic (exact) mass is 284 g/mol. The highest BCUT2D eigenvalue weighted by Gasteiger charge is 2.26. The Labute approximate surface area is 121 Å². The summed E-state index contributed by atoms with van der Waals surface area (Å²) in [6.07, 6.45) is 4.00. The summed E-state index contributed by atoms with van der Waals surface area (Å²) < 4.78 is 0. The van der Waals surface area contributed by atoms with Crippen molar-refractivity contribution < 1.29 is 14.7 Å². The van der Waals surface area contributed by atoms with Gasteiger partial charge < -0.3 is 10.4 Å². The number of carbonyl (C=O) groups is 2. The molecule has 5 nitrogen and oxygen atoms in total. The van der Waals surface area contributed by atoms with Crippen molar-refractivity contribution in [2.24, 2.45) is 5.92 Å². The lowest BCUT2D eigenvalue weighted by Crippen LogP contribution is -2.50. The van der Waals surface area contributed by atoms with Crippen molar-refractivity contribution in [2.75, 3.05) is 19.7 Å². The van der Waals surface area contributed by atoms with Crippen LogP contribution in [0, 0.1) is 5.92 Å². The van der Waals surface area contributed by atoms with Gasteiger partial charge in [-0.3, -0.25) is 14.5 Å². The molecule has 1 aliphatic rings. The Bertz CT molecular complexity index is 329. The Morgan fingerprint density at radius 3 is 2.60 bits per heavy atom. The number of nitrogens with zero attached hydrogens (tertiary/aromatic N) is 1. The third-order valence-electron chi connectivity index (χ3n) is 3.98. The van der Waals surface area contributed by atoms with E-state index in [1.807, 2.05) is 13.8 Å². The van der Waals surface area contributed by atoms with Crippen LogP contribution >= 0.6 is 0 Å². The molecule has 2 unspecified atom stereocenters. The number of hydrogen-bond donors (Lipinski definition) is 2. The van der Waals surface area contributed by atoms with E-state index in [0.29, 0.717) is 13.0 Å². The second-order valence-corrected chi connectivity index (χ2v) is 6.03. The van der Waals surface area contributed by atoms with E-state index in [9.17, 15) is 9.59 Å². The zero-order valence-electron chi connectivity index (χ0n) is 12.9. The smallest absolute Gasteiger partial charge is 0.234 e. The number of ketones is 1. The zero-order valence-corrected chi connectivity index (χ0v) is 12.9. The molecule has 0 saturated carbocycles. The van der Waals surface area contributed by atoms with Crippen LogP contribution in [0.5, 0.6) is 0 Å². The SMILES string of the molecule is CC(=O)C(NC(=O)CN1CCCCC1CCO)C(C)C. The summed E-state index contributed by atoms with van der Waals surface area (Å²) in [6, 6.07) is -0.113. The van der Waals surface area contributed by atoms with E-state index in [1.54, 1.807) is 0 Å². The molecule has 2 atom stereocenters. The fraction of sp³-hybridized carbons (Fsp3) is 0.867. The molecule has 0 aromatic rings. The standard InChI is InChI=1S/C15H28N2O3/c1-11(2)15(12(3)19)16-14(20)10-17-8-5-4-6-13(17)7-9-18/h11,13,15,18H,4-10H2,1-3H3,(H,16,20). The van der Waals surface area contributed by atoms with Crippen molar-refractivity contribution >= 4 is 11.7 Å². The molecule has 0 aliphatic carbocycles. The van der Waals surface area contributed by atoms with Crippen LogP contribution in [0.4, 0.5) is 0 Å². The van der Waals surface area contributed by atoms with Crippen LogP contribution in [0.15, 0.2) is 0 Å². The van der Waals surface area contributed by atoms with Crippen molar-refractivity contribution in [3.05, 3.63) is 0 Å². The molecule has 0 aromatic carbocycles. The molecule has 116 valence electrons. The number of aliphatic hydroxyl groups is 1. The summed E-state index contributed by atoms with van der Waals surface area (Å²) in [6.45, 7) is 6.75. The zero-order chi connectivity index (χ0) is 15.1. The van der Waals surface area contributed by atoms with E-state index in [-0.39, 0.29) is 30.3 Å². The lowest BCUT2D eigenvalue weighted by molar-refractivity contribution is -0.129. The Balaban J connectivity index is 2.52. The van der Waals surface area contributed by atoms with E-state index in [1.165, 1.54) is 6.92 Å². The lowest BCUT2D eigenvalue weighted by atomic mass is 9.99. The maximum atomic E-state index is 12.1. The fourth-order valence-corrected chi connectivity index (χ4v) is 2.89. The number of amides is 1. The summed E-state index contributed by atoms with van der Waals surface area (Å²) in [7, 11) is 0. The molecule has 0 aromatic heterocycles. The van der Waals surface area contributed by atoms with Crippen molar-refractivity contribution in [3.63, 3.8) is 0 Å². The number of hydrogen-bond acceptors (Lipinski definition) is 4. The number of piperidine rings is 1. The van der Waals surface area contributed by atoms with Gasteiger partial charge in [-0.2, -0.15) is 0 Å². The van der Waals surface area contributed by atoms with Crippen LogP contribution in [-0.2, 0) is 9.59 Å². The third kappa shape index (κ3) is 5.21. The second kappa shape index (κ2) is 8.37. The van der Waals surface area contributed by atoms with Crippen LogP contribution in [-0.4, -0.2) is 53.5 Å². The van der Waals surface area contributed by atoms with Gasteiger partial charge in [0.05, 0.1) is 12.6 Å². The molecule has 2 N–H and O–H groups in total. The van der Waals surface area contributed by atoms with Gasteiger partial charge in [0, 0.05) is 12.6 Å². The van der Waals surface area contributed by atoms with E-state index in [4.69, 9.17) is 5.11 Å². The maximum absolute atomic E-state index is 12.1. The molecular weight excluding hydrogens is 256 g/mol.